The van der Waals surface area contributed by atoms with Crippen molar-refractivity contribution in [2.24, 2.45) is 0 Å². The summed E-state index contributed by atoms with van der Waals surface area (Å²) in [5.41, 5.74) is -0.417. The summed E-state index contributed by atoms with van der Waals surface area (Å²) in [6.45, 7) is 0.236. The smallest absolute Gasteiger partial charge is 0.435 e. The zero-order valence-electron chi connectivity index (χ0n) is 14.2. The third-order valence-corrected chi connectivity index (χ3v) is 4.20. The van der Waals surface area contributed by atoms with Gasteiger partial charge in [-0.15, -0.1) is 0 Å². The van der Waals surface area contributed by atoms with Gasteiger partial charge in [-0.1, -0.05) is 0 Å². The van der Waals surface area contributed by atoms with Gasteiger partial charge in [0.1, 0.15) is 12.2 Å². The van der Waals surface area contributed by atoms with Gasteiger partial charge >= 0.3 is 12.1 Å². The second-order valence-corrected chi connectivity index (χ2v) is 6.33. The second kappa shape index (κ2) is 7.41. The molecule has 27 heavy (non-hydrogen) atoms. The highest BCUT2D eigenvalue weighted by atomic mass is 19.4. The number of carboxylic acids is 1. The Morgan fingerprint density at radius 3 is 2.67 bits per heavy atom. The van der Waals surface area contributed by atoms with E-state index in [-0.39, 0.29) is 31.2 Å². The van der Waals surface area contributed by atoms with Crippen molar-refractivity contribution in [3.8, 4) is 0 Å². The maximum Gasteiger partial charge on any atom is 0.435 e. The topological polar surface area (TPSA) is 102 Å². The minimum Gasteiger partial charge on any atom is -0.477 e. The predicted molar refractivity (Wildman–Crippen MR) is 86.0 cm³/mol. The molecule has 2 aromatic rings. The SMILES string of the molecule is O=C(Cn1nccc1C(=O)O)NCCCn1nc(C(F)(F)F)cc1C1CC1. The number of carbonyl (C=O) groups excluding carboxylic acids is 1. The van der Waals surface area contributed by atoms with Crippen molar-refractivity contribution in [3.63, 3.8) is 0 Å². The van der Waals surface area contributed by atoms with Crippen LogP contribution < -0.4 is 5.32 Å². The molecule has 0 radical (unpaired) electrons. The lowest BCUT2D eigenvalue weighted by atomic mass is 10.2. The highest BCUT2D eigenvalue weighted by Gasteiger charge is 2.37. The Hall–Kier alpha value is -2.85. The van der Waals surface area contributed by atoms with Crippen LogP contribution in [0.2, 0.25) is 0 Å². The molecule has 0 bridgehead atoms. The van der Waals surface area contributed by atoms with Gasteiger partial charge in [-0.3, -0.25) is 9.48 Å². The van der Waals surface area contributed by atoms with E-state index in [1.165, 1.54) is 16.9 Å². The Kier molecular flexibility index (Phi) is 5.19. The molecule has 1 aliphatic rings. The van der Waals surface area contributed by atoms with Crippen LogP contribution in [0.3, 0.4) is 0 Å². The Balaban J connectivity index is 1.50. The molecule has 1 saturated carbocycles. The van der Waals surface area contributed by atoms with Crippen LogP contribution in [-0.4, -0.2) is 43.1 Å². The van der Waals surface area contributed by atoms with Gasteiger partial charge < -0.3 is 10.4 Å². The largest absolute Gasteiger partial charge is 0.477 e. The molecule has 0 unspecified atom stereocenters. The maximum atomic E-state index is 12.8. The van der Waals surface area contributed by atoms with Gasteiger partial charge in [-0.25, -0.2) is 9.48 Å². The molecule has 2 aromatic heterocycles. The summed E-state index contributed by atoms with van der Waals surface area (Å²) >= 11 is 0. The van der Waals surface area contributed by atoms with Crippen molar-refractivity contribution in [3.05, 3.63) is 35.4 Å². The van der Waals surface area contributed by atoms with Crippen LogP contribution in [0.4, 0.5) is 13.2 Å². The number of carboxylic acid groups (broad SMARTS) is 1. The molecular formula is C16H18F3N5O3. The van der Waals surface area contributed by atoms with E-state index in [1.54, 1.807) is 0 Å². The first-order valence-corrected chi connectivity index (χ1v) is 8.42. The maximum absolute atomic E-state index is 12.8. The van der Waals surface area contributed by atoms with Crippen LogP contribution in [0, 0.1) is 0 Å². The highest BCUT2D eigenvalue weighted by molar-refractivity contribution is 5.86. The molecule has 1 aliphatic carbocycles. The molecule has 146 valence electrons. The fraction of sp³-hybridized carbons (Fsp3) is 0.500. The van der Waals surface area contributed by atoms with Crippen LogP contribution in [0.1, 0.15) is 47.1 Å². The zero-order chi connectivity index (χ0) is 19.6. The van der Waals surface area contributed by atoms with Gasteiger partial charge in [-0.2, -0.15) is 23.4 Å². The van der Waals surface area contributed by atoms with E-state index in [1.807, 2.05) is 0 Å². The van der Waals surface area contributed by atoms with E-state index in [2.05, 4.69) is 15.5 Å². The number of rotatable bonds is 8. The Bertz CT molecular complexity index is 839. The average Bonchev–Trinajstić information content (AvgIpc) is 3.15. The number of carbonyl (C=O) groups is 2. The number of hydrogen-bond donors (Lipinski definition) is 2. The summed E-state index contributed by atoms with van der Waals surface area (Å²) in [6.07, 6.45) is -1.08. The summed E-state index contributed by atoms with van der Waals surface area (Å²) in [4.78, 5) is 22.8. The van der Waals surface area contributed by atoms with Gasteiger partial charge in [-0.05, 0) is 31.4 Å². The lowest BCUT2D eigenvalue weighted by Crippen LogP contribution is -2.30. The third kappa shape index (κ3) is 4.66. The van der Waals surface area contributed by atoms with Crippen LogP contribution in [-0.2, 0) is 24.1 Å². The molecule has 8 nitrogen and oxygen atoms in total. The summed E-state index contributed by atoms with van der Waals surface area (Å²) < 4.78 is 41.0. The fourth-order valence-corrected chi connectivity index (χ4v) is 2.75. The van der Waals surface area contributed by atoms with Crippen molar-refractivity contribution in [1.82, 2.24) is 24.9 Å². The minimum absolute atomic E-state index is 0.101. The van der Waals surface area contributed by atoms with E-state index in [0.717, 1.165) is 23.6 Å². The molecule has 1 amide bonds. The zero-order valence-corrected chi connectivity index (χ0v) is 14.2. The number of alkyl halides is 3. The Labute approximate surface area is 152 Å². The van der Waals surface area contributed by atoms with E-state index in [0.29, 0.717) is 12.1 Å². The summed E-state index contributed by atoms with van der Waals surface area (Å²) in [7, 11) is 0. The summed E-state index contributed by atoms with van der Waals surface area (Å²) in [5, 5.41) is 19.0. The van der Waals surface area contributed by atoms with Crippen LogP contribution in [0.15, 0.2) is 18.3 Å². The second-order valence-electron chi connectivity index (χ2n) is 6.33. The summed E-state index contributed by atoms with van der Waals surface area (Å²) in [5.74, 6) is -1.50. The molecule has 1 fully saturated rings. The molecule has 2 heterocycles. The molecule has 2 N–H and O–H groups in total. The van der Waals surface area contributed by atoms with E-state index in [4.69, 9.17) is 5.11 Å². The summed E-state index contributed by atoms with van der Waals surface area (Å²) in [6, 6.07) is 2.38. The number of halogens is 3. The first-order chi connectivity index (χ1) is 12.8. The molecule has 0 aromatic carbocycles. The molecule has 0 saturated heterocycles. The first kappa shape index (κ1) is 18.9. The lowest BCUT2D eigenvalue weighted by Gasteiger charge is -2.09. The number of aromatic carboxylic acids is 1. The number of hydrogen-bond acceptors (Lipinski definition) is 4. The standard InChI is InChI=1S/C16H18F3N5O3/c17-16(18,19)13-8-12(10-2-3-10)23(22-13)7-1-5-20-14(25)9-24-11(15(26)27)4-6-21-24/h4,6,8,10H,1-3,5,7,9H2,(H,20,25)(H,26,27). The van der Waals surface area contributed by atoms with Crippen molar-refractivity contribution in [1.29, 1.82) is 0 Å². The number of nitrogens with one attached hydrogen (secondary N) is 1. The molecular weight excluding hydrogens is 367 g/mol. The fourth-order valence-electron chi connectivity index (χ4n) is 2.75. The van der Waals surface area contributed by atoms with Gasteiger partial charge in [0.25, 0.3) is 0 Å². The Morgan fingerprint density at radius 1 is 1.30 bits per heavy atom. The van der Waals surface area contributed by atoms with E-state index in [9.17, 15) is 22.8 Å². The number of aromatic nitrogens is 4. The van der Waals surface area contributed by atoms with Gasteiger partial charge in [0.2, 0.25) is 5.91 Å². The Morgan fingerprint density at radius 2 is 2.04 bits per heavy atom. The highest BCUT2D eigenvalue weighted by Crippen LogP contribution is 2.42. The average molecular weight is 385 g/mol. The van der Waals surface area contributed by atoms with Crippen LogP contribution >= 0.6 is 0 Å². The van der Waals surface area contributed by atoms with Crippen molar-refractivity contribution in [2.45, 2.75) is 44.4 Å². The van der Waals surface area contributed by atoms with Crippen LogP contribution in [0.25, 0.3) is 0 Å². The van der Waals surface area contributed by atoms with Crippen LogP contribution in [0.5, 0.6) is 0 Å². The van der Waals surface area contributed by atoms with E-state index >= 15 is 0 Å². The molecule has 3 rings (SSSR count). The van der Waals surface area contributed by atoms with Gasteiger partial charge in [0, 0.05) is 30.9 Å². The van der Waals surface area contributed by atoms with Crippen molar-refractivity contribution < 1.29 is 27.9 Å². The number of amides is 1. The van der Waals surface area contributed by atoms with Gasteiger partial charge in [0.15, 0.2) is 5.69 Å². The predicted octanol–water partition coefficient (Wildman–Crippen LogP) is 1.88. The minimum atomic E-state index is -4.48. The first-order valence-electron chi connectivity index (χ1n) is 8.42. The van der Waals surface area contributed by atoms with Gasteiger partial charge in [0.05, 0.1) is 0 Å². The molecule has 11 heteroatoms. The molecule has 0 aliphatic heterocycles. The number of nitrogens with zero attached hydrogens (tertiary/aromatic N) is 4. The molecule has 0 atom stereocenters. The van der Waals surface area contributed by atoms with Crippen molar-refractivity contribution in [2.75, 3.05) is 6.54 Å². The molecule has 0 spiro atoms. The van der Waals surface area contributed by atoms with E-state index < -0.39 is 23.7 Å². The number of aryl methyl sites for hydroxylation is 1. The normalized spacial score (nSPS) is 14.3. The monoisotopic (exact) mass is 385 g/mol. The van der Waals surface area contributed by atoms with Crippen molar-refractivity contribution >= 4 is 11.9 Å². The lowest BCUT2D eigenvalue weighted by molar-refractivity contribution is -0.141. The quantitative estimate of drug-likeness (QED) is 0.676. The third-order valence-electron chi connectivity index (χ3n) is 4.20.